The van der Waals surface area contributed by atoms with Crippen LogP contribution in [0.2, 0.25) is 0 Å². The lowest BCUT2D eigenvalue weighted by atomic mass is 9.92. The summed E-state index contributed by atoms with van der Waals surface area (Å²) in [7, 11) is 0. The molecule has 0 nitrogen and oxygen atoms in total. The van der Waals surface area contributed by atoms with E-state index in [0.717, 1.165) is 0 Å². The van der Waals surface area contributed by atoms with Gasteiger partial charge in [-0.3, -0.25) is 0 Å². The molecule has 0 fully saturated rings. The Labute approximate surface area is 91.9 Å². The monoisotopic (exact) mass is 197 g/mol. The fourth-order valence-electron chi connectivity index (χ4n) is 2.17. The van der Waals surface area contributed by atoms with Crippen molar-refractivity contribution >= 4 is 10.8 Å². The zero-order valence-corrected chi connectivity index (χ0v) is 10.2. The second kappa shape index (κ2) is 3.37. The molecule has 0 atom stereocenters. The molecule has 0 saturated heterocycles. The van der Waals surface area contributed by atoms with Gasteiger partial charge in [-0.2, -0.15) is 0 Å². The molecule has 0 unspecified atom stereocenters. The lowest BCUT2D eigenvalue weighted by molar-refractivity contribution is 1.27. The van der Waals surface area contributed by atoms with Crippen LogP contribution in [0.15, 0.2) is 12.1 Å². The van der Waals surface area contributed by atoms with Crippen molar-refractivity contribution in [2.75, 3.05) is 0 Å². The number of rotatable bonds is 0. The van der Waals surface area contributed by atoms with Crippen molar-refractivity contribution in [3.05, 3.63) is 46.0 Å². The largest absolute Gasteiger partial charge is 0.0584 e. The average Bonchev–Trinajstić information content (AvgIpc) is 2.20. The van der Waals surface area contributed by atoms with E-state index in [1.54, 1.807) is 0 Å². The zero-order valence-electron chi connectivity index (χ0n) is 10.2. The van der Waals surface area contributed by atoms with Gasteiger partial charge in [-0.25, -0.2) is 0 Å². The van der Waals surface area contributed by atoms with Gasteiger partial charge in [0.15, 0.2) is 0 Å². The van der Waals surface area contributed by atoms with Gasteiger partial charge in [0.25, 0.3) is 0 Å². The van der Waals surface area contributed by atoms with Gasteiger partial charge >= 0.3 is 0 Å². The predicted molar refractivity (Wildman–Crippen MR) is 66.5 cm³/mol. The molecule has 2 aromatic rings. The fraction of sp³-hybridized carbons (Fsp3) is 0.333. The molecule has 0 aliphatic carbocycles. The lowest BCUT2D eigenvalue weighted by Gasteiger charge is -2.13. The highest BCUT2D eigenvalue weighted by molar-refractivity contribution is 5.90. The van der Waals surface area contributed by atoms with Crippen LogP contribution >= 0.6 is 0 Å². The molecule has 77 valence electrons. The number of hydrogen-bond donors (Lipinski definition) is 0. The van der Waals surface area contributed by atoms with Gasteiger partial charge in [-0.05, 0) is 79.3 Å². The molecule has 0 saturated carbocycles. The molecule has 0 aliphatic heterocycles. The van der Waals surface area contributed by atoms with E-state index in [2.05, 4.69) is 52.8 Å². The SMILES string of the molecule is Cc1[c]c2ccc(C)c(C)c2c(C)c1C. The van der Waals surface area contributed by atoms with E-state index >= 15 is 0 Å². The molecule has 2 rings (SSSR count). The highest BCUT2D eigenvalue weighted by atomic mass is 14.1. The van der Waals surface area contributed by atoms with E-state index in [1.807, 2.05) is 0 Å². The second-order valence-corrected chi connectivity index (χ2v) is 4.43. The molecule has 0 aliphatic rings. The van der Waals surface area contributed by atoms with Gasteiger partial charge in [0.2, 0.25) is 0 Å². The third-order valence-electron chi connectivity index (χ3n) is 3.56. The first-order valence-corrected chi connectivity index (χ1v) is 5.41. The minimum absolute atomic E-state index is 1.25. The highest BCUT2D eigenvalue weighted by Gasteiger charge is 2.07. The third kappa shape index (κ3) is 1.45. The third-order valence-corrected chi connectivity index (χ3v) is 3.56. The van der Waals surface area contributed by atoms with E-state index in [9.17, 15) is 0 Å². The van der Waals surface area contributed by atoms with Crippen molar-refractivity contribution in [2.24, 2.45) is 0 Å². The van der Waals surface area contributed by atoms with Gasteiger partial charge in [-0.15, -0.1) is 0 Å². The van der Waals surface area contributed by atoms with E-state index in [0.29, 0.717) is 0 Å². The van der Waals surface area contributed by atoms with Crippen LogP contribution in [0, 0.1) is 40.7 Å². The quantitative estimate of drug-likeness (QED) is 0.594. The molecule has 0 amide bonds. The Bertz CT molecular complexity index is 533. The van der Waals surface area contributed by atoms with Crippen molar-refractivity contribution in [2.45, 2.75) is 34.6 Å². The van der Waals surface area contributed by atoms with Crippen molar-refractivity contribution in [1.82, 2.24) is 0 Å². The lowest BCUT2D eigenvalue weighted by Crippen LogP contribution is -1.93. The van der Waals surface area contributed by atoms with Gasteiger partial charge in [0, 0.05) is 0 Å². The average molecular weight is 197 g/mol. The first kappa shape index (κ1) is 10.2. The summed E-state index contributed by atoms with van der Waals surface area (Å²) in [4.78, 5) is 0. The molecule has 15 heavy (non-hydrogen) atoms. The molecule has 0 spiro atoms. The van der Waals surface area contributed by atoms with E-state index in [4.69, 9.17) is 0 Å². The summed E-state index contributed by atoms with van der Waals surface area (Å²) >= 11 is 0. The summed E-state index contributed by atoms with van der Waals surface area (Å²) in [5.74, 6) is 0. The molecule has 1 radical (unpaired) electrons. The van der Waals surface area contributed by atoms with Crippen LogP contribution in [0.3, 0.4) is 0 Å². The van der Waals surface area contributed by atoms with Crippen LogP contribution in [0.4, 0.5) is 0 Å². The summed E-state index contributed by atoms with van der Waals surface area (Å²) in [6.07, 6.45) is 0. The molecule has 0 aromatic heterocycles. The topological polar surface area (TPSA) is 0 Å². The Hall–Kier alpha value is -1.30. The van der Waals surface area contributed by atoms with Crippen molar-refractivity contribution in [3.8, 4) is 0 Å². The minimum atomic E-state index is 1.25. The molecule has 0 bridgehead atoms. The smallest absolute Gasteiger partial charge is 0.00642 e. The van der Waals surface area contributed by atoms with Gasteiger partial charge in [0.05, 0.1) is 0 Å². The summed E-state index contributed by atoms with van der Waals surface area (Å²) < 4.78 is 0. The first-order chi connectivity index (χ1) is 7.02. The number of aryl methyl sites for hydroxylation is 4. The summed E-state index contributed by atoms with van der Waals surface area (Å²) in [5.41, 5.74) is 6.80. The van der Waals surface area contributed by atoms with E-state index < -0.39 is 0 Å². The standard InChI is InChI=1S/C15H17/c1-9-6-7-14-8-10(2)11(3)13(5)15(14)12(9)4/h6-7H,1-5H3. The summed E-state index contributed by atoms with van der Waals surface area (Å²) in [6, 6.07) is 7.83. The van der Waals surface area contributed by atoms with E-state index in [-0.39, 0.29) is 0 Å². The van der Waals surface area contributed by atoms with Gasteiger partial charge < -0.3 is 0 Å². The number of fused-ring (bicyclic) bond motifs is 1. The highest BCUT2D eigenvalue weighted by Crippen LogP contribution is 2.28. The van der Waals surface area contributed by atoms with Gasteiger partial charge in [-0.1, -0.05) is 12.1 Å². The van der Waals surface area contributed by atoms with Crippen molar-refractivity contribution in [1.29, 1.82) is 0 Å². The summed E-state index contributed by atoms with van der Waals surface area (Å²) in [6.45, 7) is 10.9. The number of benzene rings is 2. The molecule has 0 heteroatoms. The summed E-state index contributed by atoms with van der Waals surface area (Å²) in [5, 5.41) is 2.64. The maximum absolute atomic E-state index is 3.47. The molecule has 0 heterocycles. The number of hydrogen-bond acceptors (Lipinski definition) is 0. The van der Waals surface area contributed by atoms with Crippen LogP contribution in [0.5, 0.6) is 0 Å². The molecule has 0 N–H and O–H groups in total. The normalized spacial score (nSPS) is 11.0. The van der Waals surface area contributed by atoms with Crippen LogP contribution in [-0.2, 0) is 0 Å². The molecular weight excluding hydrogens is 180 g/mol. The van der Waals surface area contributed by atoms with Crippen LogP contribution in [-0.4, -0.2) is 0 Å². The molecular formula is C15H17. The Morgan fingerprint density at radius 3 is 2.13 bits per heavy atom. The maximum atomic E-state index is 3.47. The fourth-order valence-corrected chi connectivity index (χ4v) is 2.17. The molecule has 2 aromatic carbocycles. The predicted octanol–water partition coefficient (Wildman–Crippen LogP) is 4.18. The van der Waals surface area contributed by atoms with Gasteiger partial charge in [0.1, 0.15) is 0 Å². The van der Waals surface area contributed by atoms with E-state index in [1.165, 1.54) is 38.6 Å². The van der Waals surface area contributed by atoms with Crippen molar-refractivity contribution in [3.63, 3.8) is 0 Å². The maximum Gasteiger partial charge on any atom is -0.00642 e. The van der Waals surface area contributed by atoms with Crippen LogP contribution < -0.4 is 0 Å². The Kier molecular flexibility index (Phi) is 2.30. The minimum Gasteiger partial charge on any atom is -0.0584 e. The second-order valence-electron chi connectivity index (χ2n) is 4.43. The zero-order chi connectivity index (χ0) is 11.2. The van der Waals surface area contributed by atoms with Crippen LogP contribution in [0.1, 0.15) is 27.8 Å². The Balaban J connectivity index is 3.00. The first-order valence-electron chi connectivity index (χ1n) is 5.41. The Morgan fingerprint density at radius 1 is 0.800 bits per heavy atom. The van der Waals surface area contributed by atoms with Crippen molar-refractivity contribution < 1.29 is 0 Å². The van der Waals surface area contributed by atoms with Crippen LogP contribution in [0.25, 0.3) is 10.8 Å². The Morgan fingerprint density at radius 2 is 1.47 bits per heavy atom.